The fourth-order valence-corrected chi connectivity index (χ4v) is 3.01. The third kappa shape index (κ3) is 4.00. The molecule has 1 aromatic carbocycles. The second kappa shape index (κ2) is 6.20. The molecule has 21 heavy (non-hydrogen) atoms. The lowest BCUT2D eigenvalue weighted by atomic mass is 10.1. The number of aryl methyl sites for hydroxylation is 2. The van der Waals surface area contributed by atoms with Gasteiger partial charge in [0.25, 0.3) is 0 Å². The van der Waals surface area contributed by atoms with Crippen molar-refractivity contribution in [2.75, 3.05) is 6.54 Å². The predicted octanol–water partition coefficient (Wildman–Crippen LogP) is -0.874. The van der Waals surface area contributed by atoms with Crippen LogP contribution in [0.1, 0.15) is 21.5 Å². The second-order valence-electron chi connectivity index (χ2n) is 4.51. The van der Waals surface area contributed by atoms with Gasteiger partial charge in [-0.15, -0.1) is 0 Å². The van der Waals surface area contributed by atoms with Gasteiger partial charge in [0, 0.05) is 6.54 Å². The van der Waals surface area contributed by atoms with Crippen LogP contribution in [-0.2, 0) is 14.8 Å². The fraction of sp³-hybridized carbons (Fsp3) is 0.333. The van der Waals surface area contributed by atoms with Crippen LogP contribution in [0.15, 0.2) is 17.0 Å². The molecule has 1 rings (SSSR count). The molecule has 1 unspecified atom stereocenters. The molecule has 0 aliphatic heterocycles. The third-order valence-electron chi connectivity index (χ3n) is 2.84. The van der Waals surface area contributed by atoms with Crippen molar-refractivity contribution < 1.29 is 28.2 Å². The molecule has 0 aromatic heterocycles. The Morgan fingerprint density at radius 1 is 1.29 bits per heavy atom. The van der Waals surface area contributed by atoms with E-state index in [-0.39, 0.29) is 10.5 Å². The van der Waals surface area contributed by atoms with Crippen LogP contribution in [0.25, 0.3) is 0 Å². The summed E-state index contributed by atoms with van der Waals surface area (Å²) in [5, 5.41) is 18.2. The lowest BCUT2D eigenvalue weighted by Crippen LogP contribution is -2.40. The number of primary amides is 1. The topological polar surface area (TPSA) is 147 Å². The molecule has 1 aromatic rings. The van der Waals surface area contributed by atoms with E-state index in [4.69, 9.17) is 10.8 Å². The number of carboxylic acids is 1. The van der Waals surface area contributed by atoms with Crippen molar-refractivity contribution in [3.05, 3.63) is 28.8 Å². The molecule has 0 heterocycles. The smallest absolute Gasteiger partial charge is 0.335 e. The quantitative estimate of drug-likeness (QED) is 0.536. The molecule has 0 saturated carbocycles. The standard InChI is InChI=1S/C12H16N2O6S/c1-6-3-7(2)10(4-8(6)12(17)18)21(19,20)14-5-9(15)11(13)16/h3-4,9,14-15H,5H2,1-2H3,(H2,13,16)(H,17,18). The first kappa shape index (κ1) is 17.1. The number of nitrogens with two attached hydrogens (primary N) is 1. The maximum absolute atomic E-state index is 12.1. The summed E-state index contributed by atoms with van der Waals surface area (Å²) >= 11 is 0. The maximum atomic E-state index is 12.1. The van der Waals surface area contributed by atoms with Gasteiger partial charge in [0.15, 0.2) is 0 Å². The van der Waals surface area contributed by atoms with E-state index in [0.717, 1.165) is 6.07 Å². The molecular formula is C12H16N2O6S. The highest BCUT2D eigenvalue weighted by atomic mass is 32.2. The normalized spacial score (nSPS) is 12.9. The van der Waals surface area contributed by atoms with Gasteiger partial charge in [-0.25, -0.2) is 17.9 Å². The number of sulfonamides is 1. The zero-order chi connectivity index (χ0) is 16.4. The van der Waals surface area contributed by atoms with Crippen molar-refractivity contribution in [2.24, 2.45) is 5.73 Å². The van der Waals surface area contributed by atoms with Gasteiger partial charge in [-0.3, -0.25) is 4.79 Å². The molecule has 0 spiro atoms. The zero-order valence-corrected chi connectivity index (χ0v) is 12.3. The average molecular weight is 316 g/mol. The molecule has 0 radical (unpaired) electrons. The van der Waals surface area contributed by atoms with E-state index in [9.17, 15) is 23.1 Å². The van der Waals surface area contributed by atoms with E-state index in [2.05, 4.69) is 0 Å². The summed E-state index contributed by atoms with van der Waals surface area (Å²) in [6.45, 7) is 2.47. The molecule has 0 fully saturated rings. The van der Waals surface area contributed by atoms with Crippen molar-refractivity contribution in [2.45, 2.75) is 24.8 Å². The molecule has 0 saturated heterocycles. The molecule has 0 aliphatic rings. The largest absolute Gasteiger partial charge is 0.478 e. The molecular weight excluding hydrogens is 300 g/mol. The Bertz CT molecular complexity index is 683. The minimum Gasteiger partial charge on any atom is -0.478 e. The number of amides is 1. The van der Waals surface area contributed by atoms with Crippen LogP contribution in [0.3, 0.4) is 0 Å². The summed E-state index contributed by atoms with van der Waals surface area (Å²) in [6.07, 6.45) is -1.66. The van der Waals surface area contributed by atoms with Crippen molar-refractivity contribution in [1.82, 2.24) is 4.72 Å². The minimum absolute atomic E-state index is 0.142. The molecule has 1 atom stereocenters. The summed E-state index contributed by atoms with van der Waals surface area (Å²) in [6, 6.07) is 2.47. The van der Waals surface area contributed by atoms with Gasteiger partial charge in [0.1, 0.15) is 6.10 Å². The van der Waals surface area contributed by atoms with Crippen LogP contribution < -0.4 is 10.5 Å². The number of carbonyl (C=O) groups is 2. The van der Waals surface area contributed by atoms with Gasteiger partial charge in [-0.1, -0.05) is 6.07 Å². The zero-order valence-electron chi connectivity index (χ0n) is 11.5. The number of hydrogen-bond acceptors (Lipinski definition) is 5. The SMILES string of the molecule is Cc1cc(C)c(S(=O)(=O)NCC(O)C(N)=O)cc1C(=O)O. The van der Waals surface area contributed by atoms with Crippen LogP contribution >= 0.6 is 0 Å². The number of benzene rings is 1. The minimum atomic E-state index is -4.07. The summed E-state index contributed by atoms with van der Waals surface area (Å²) < 4.78 is 26.2. The van der Waals surface area contributed by atoms with E-state index in [1.165, 1.54) is 13.0 Å². The van der Waals surface area contributed by atoms with Crippen molar-refractivity contribution in [3.8, 4) is 0 Å². The Kier molecular flexibility index (Phi) is 5.05. The number of carbonyl (C=O) groups excluding carboxylic acids is 1. The van der Waals surface area contributed by atoms with Gasteiger partial charge >= 0.3 is 5.97 Å². The number of carboxylic acid groups (broad SMARTS) is 1. The number of rotatable bonds is 6. The van der Waals surface area contributed by atoms with Gasteiger partial charge in [-0.2, -0.15) is 0 Å². The van der Waals surface area contributed by atoms with E-state index >= 15 is 0 Å². The average Bonchev–Trinajstić information content (AvgIpc) is 2.34. The summed E-state index contributed by atoms with van der Waals surface area (Å²) in [4.78, 5) is 21.5. The van der Waals surface area contributed by atoms with Gasteiger partial charge in [0.2, 0.25) is 15.9 Å². The molecule has 0 bridgehead atoms. The van der Waals surface area contributed by atoms with E-state index in [1.807, 2.05) is 4.72 Å². The number of aliphatic hydroxyl groups is 1. The molecule has 116 valence electrons. The first-order valence-corrected chi connectivity index (χ1v) is 7.36. The number of hydrogen-bond donors (Lipinski definition) is 4. The first-order chi connectivity index (χ1) is 9.56. The number of aromatic carboxylic acids is 1. The van der Waals surface area contributed by atoms with Crippen LogP contribution in [0.2, 0.25) is 0 Å². The highest BCUT2D eigenvalue weighted by molar-refractivity contribution is 7.89. The molecule has 1 amide bonds. The highest BCUT2D eigenvalue weighted by Crippen LogP contribution is 2.20. The Balaban J connectivity index is 3.17. The van der Waals surface area contributed by atoms with Crippen LogP contribution in [0.4, 0.5) is 0 Å². The predicted molar refractivity (Wildman–Crippen MR) is 73.3 cm³/mol. The van der Waals surface area contributed by atoms with Crippen molar-refractivity contribution in [1.29, 1.82) is 0 Å². The van der Waals surface area contributed by atoms with E-state index in [1.54, 1.807) is 6.92 Å². The van der Waals surface area contributed by atoms with Crippen LogP contribution in [-0.4, -0.2) is 43.2 Å². The number of aliphatic hydroxyl groups excluding tert-OH is 1. The Labute approximate surface area is 121 Å². The van der Waals surface area contributed by atoms with Crippen molar-refractivity contribution in [3.63, 3.8) is 0 Å². The third-order valence-corrected chi connectivity index (χ3v) is 4.40. The maximum Gasteiger partial charge on any atom is 0.335 e. The first-order valence-electron chi connectivity index (χ1n) is 5.88. The van der Waals surface area contributed by atoms with Crippen LogP contribution in [0, 0.1) is 13.8 Å². The Hall–Kier alpha value is -1.97. The summed E-state index contributed by atoms with van der Waals surface area (Å²) in [7, 11) is -4.07. The lowest BCUT2D eigenvalue weighted by Gasteiger charge is -2.13. The van der Waals surface area contributed by atoms with E-state index in [0.29, 0.717) is 11.1 Å². The Morgan fingerprint density at radius 2 is 1.86 bits per heavy atom. The molecule has 9 heteroatoms. The monoisotopic (exact) mass is 316 g/mol. The van der Waals surface area contributed by atoms with Gasteiger partial charge in [-0.05, 0) is 31.0 Å². The summed E-state index contributed by atoms with van der Waals surface area (Å²) in [5.41, 5.74) is 5.45. The molecule has 8 nitrogen and oxygen atoms in total. The Morgan fingerprint density at radius 3 is 2.33 bits per heavy atom. The molecule has 5 N–H and O–H groups in total. The second-order valence-corrected chi connectivity index (χ2v) is 6.24. The molecule has 0 aliphatic carbocycles. The number of nitrogens with one attached hydrogen (secondary N) is 1. The van der Waals surface area contributed by atoms with E-state index < -0.39 is 34.5 Å². The van der Waals surface area contributed by atoms with Crippen molar-refractivity contribution >= 4 is 21.9 Å². The lowest BCUT2D eigenvalue weighted by molar-refractivity contribution is -0.125. The fourth-order valence-electron chi connectivity index (χ4n) is 1.72. The highest BCUT2D eigenvalue weighted by Gasteiger charge is 2.22. The van der Waals surface area contributed by atoms with Crippen LogP contribution in [0.5, 0.6) is 0 Å². The summed E-state index contributed by atoms with van der Waals surface area (Å²) in [5.74, 6) is -2.31. The van der Waals surface area contributed by atoms with Gasteiger partial charge in [0.05, 0.1) is 10.5 Å². The van der Waals surface area contributed by atoms with Gasteiger partial charge < -0.3 is 15.9 Å².